The van der Waals surface area contributed by atoms with Gasteiger partial charge in [0.05, 0.1) is 16.6 Å². The minimum atomic E-state index is 0.0436. The summed E-state index contributed by atoms with van der Waals surface area (Å²) < 4.78 is 2.01. The van der Waals surface area contributed by atoms with E-state index in [-0.39, 0.29) is 11.2 Å². The molecule has 0 amide bonds. The topological polar surface area (TPSA) is 41.0 Å². The molecular weight excluding hydrogens is 366 g/mol. The van der Waals surface area contributed by atoms with Gasteiger partial charge < -0.3 is 4.98 Å². The van der Waals surface area contributed by atoms with Crippen LogP contribution in [0.15, 0.2) is 46.6 Å². The zero-order valence-electron chi connectivity index (χ0n) is 16.4. The predicted molar refractivity (Wildman–Crippen MR) is 116 cm³/mol. The van der Waals surface area contributed by atoms with Crippen LogP contribution in [0.2, 0.25) is 0 Å². The Morgan fingerprint density at radius 2 is 1.71 bits per heavy atom. The van der Waals surface area contributed by atoms with Gasteiger partial charge in [-0.25, -0.2) is 4.79 Å². The van der Waals surface area contributed by atoms with Gasteiger partial charge in [0.2, 0.25) is 0 Å². The van der Waals surface area contributed by atoms with Crippen LogP contribution in [0.3, 0.4) is 0 Å². The van der Waals surface area contributed by atoms with Gasteiger partial charge in [-0.2, -0.15) is 0 Å². The number of thiophene rings is 1. The van der Waals surface area contributed by atoms with Crippen LogP contribution in [0, 0.1) is 0 Å². The first-order chi connectivity index (χ1) is 13.8. The molecular formula is C23H29N3OS. The van der Waals surface area contributed by atoms with E-state index in [2.05, 4.69) is 33.5 Å². The molecule has 28 heavy (non-hydrogen) atoms. The van der Waals surface area contributed by atoms with Crippen LogP contribution in [-0.2, 0) is 5.54 Å². The number of fused-ring (bicyclic) bond motifs is 1. The highest BCUT2D eigenvalue weighted by atomic mass is 32.1. The number of piperidine rings is 1. The maximum absolute atomic E-state index is 12.6. The summed E-state index contributed by atoms with van der Waals surface area (Å²) in [5, 5.41) is 2.24. The quantitative estimate of drug-likeness (QED) is 0.613. The Morgan fingerprint density at radius 3 is 2.43 bits per heavy atom. The van der Waals surface area contributed by atoms with Crippen molar-refractivity contribution >= 4 is 22.4 Å². The molecule has 1 aromatic carbocycles. The summed E-state index contributed by atoms with van der Waals surface area (Å²) in [6, 6.07) is 12.9. The van der Waals surface area contributed by atoms with Crippen LogP contribution in [-0.4, -0.2) is 27.5 Å². The number of imidazole rings is 1. The molecule has 1 saturated heterocycles. The van der Waals surface area contributed by atoms with Crippen LogP contribution in [0.25, 0.3) is 11.0 Å². The highest BCUT2D eigenvalue weighted by Crippen LogP contribution is 2.45. The lowest BCUT2D eigenvalue weighted by Gasteiger charge is -2.47. The summed E-state index contributed by atoms with van der Waals surface area (Å²) in [6.07, 6.45) is 10.1. The average Bonchev–Trinajstić information content (AvgIpc) is 3.30. The highest BCUT2D eigenvalue weighted by Gasteiger charge is 2.41. The molecule has 2 aromatic heterocycles. The van der Waals surface area contributed by atoms with Crippen molar-refractivity contribution in [1.29, 1.82) is 0 Å². The Hall–Kier alpha value is -1.85. The van der Waals surface area contributed by atoms with Gasteiger partial charge >= 0.3 is 5.69 Å². The lowest BCUT2D eigenvalue weighted by Crippen LogP contribution is -2.50. The zero-order valence-corrected chi connectivity index (χ0v) is 17.2. The van der Waals surface area contributed by atoms with E-state index in [1.807, 2.05) is 34.1 Å². The molecule has 5 heteroatoms. The lowest BCUT2D eigenvalue weighted by atomic mass is 9.84. The van der Waals surface area contributed by atoms with Crippen LogP contribution in [0.5, 0.6) is 0 Å². The summed E-state index contributed by atoms with van der Waals surface area (Å²) in [7, 11) is 0. The molecule has 5 rings (SSSR count). The Kier molecular flexibility index (Phi) is 4.89. The van der Waals surface area contributed by atoms with Gasteiger partial charge in [0, 0.05) is 24.0 Å². The van der Waals surface area contributed by atoms with E-state index in [4.69, 9.17) is 0 Å². The molecule has 1 N–H and O–H groups in total. The van der Waals surface area contributed by atoms with Crippen molar-refractivity contribution in [2.24, 2.45) is 0 Å². The van der Waals surface area contributed by atoms with Crippen molar-refractivity contribution in [2.75, 3.05) is 13.1 Å². The summed E-state index contributed by atoms with van der Waals surface area (Å²) in [4.78, 5) is 20.0. The highest BCUT2D eigenvalue weighted by molar-refractivity contribution is 7.10. The van der Waals surface area contributed by atoms with Gasteiger partial charge in [0.1, 0.15) is 0 Å². The number of hydrogen-bond acceptors (Lipinski definition) is 3. The van der Waals surface area contributed by atoms with Crippen molar-refractivity contribution in [1.82, 2.24) is 14.5 Å². The van der Waals surface area contributed by atoms with E-state index in [0.717, 1.165) is 37.0 Å². The van der Waals surface area contributed by atoms with E-state index in [9.17, 15) is 4.79 Å². The van der Waals surface area contributed by atoms with E-state index in [1.165, 1.54) is 38.5 Å². The molecule has 1 aliphatic carbocycles. The van der Waals surface area contributed by atoms with E-state index >= 15 is 0 Å². The Morgan fingerprint density at radius 1 is 0.964 bits per heavy atom. The molecule has 148 valence electrons. The van der Waals surface area contributed by atoms with Crippen molar-refractivity contribution < 1.29 is 0 Å². The maximum Gasteiger partial charge on any atom is 0.326 e. The molecule has 0 bridgehead atoms. The van der Waals surface area contributed by atoms with Gasteiger partial charge in [0.25, 0.3) is 0 Å². The summed E-state index contributed by atoms with van der Waals surface area (Å²) in [6.45, 7) is 2.16. The molecule has 3 aromatic rings. The fourth-order valence-corrected chi connectivity index (χ4v) is 6.58. The van der Waals surface area contributed by atoms with Crippen LogP contribution < -0.4 is 5.69 Å². The zero-order chi connectivity index (χ0) is 19.0. The third kappa shape index (κ3) is 3.05. The van der Waals surface area contributed by atoms with Crippen molar-refractivity contribution in [3.8, 4) is 0 Å². The fourth-order valence-electron chi connectivity index (χ4n) is 5.56. The largest absolute Gasteiger partial charge is 0.326 e. The van der Waals surface area contributed by atoms with Crippen LogP contribution in [0.1, 0.15) is 62.3 Å². The van der Waals surface area contributed by atoms with Crippen molar-refractivity contribution in [3.05, 3.63) is 57.1 Å². The second-order valence-corrected chi connectivity index (χ2v) is 9.41. The first-order valence-corrected chi connectivity index (χ1v) is 11.6. The number of para-hydroxylation sites is 2. The molecule has 1 aliphatic heterocycles. The molecule has 0 atom stereocenters. The Labute approximate surface area is 170 Å². The first kappa shape index (κ1) is 18.2. The van der Waals surface area contributed by atoms with Gasteiger partial charge in [-0.15, -0.1) is 11.3 Å². The Bertz CT molecular complexity index is 971. The second-order valence-electron chi connectivity index (χ2n) is 8.46. The predicted octanol–water partition coefficient (Wildman–Crippen LogP) is 5.28. The number of nitrogens with one attached hydrogen (secondary N) is 1. The number of nitrogens with zero attached hydrogens (tertiary/aromatic N) is 2. The standard InChI is InChI=1S/C23H29N3OS/c27-22-24-19-8-3-4-9-20(19)26(22)18-11-15-25(16-12-18)23(21-10-7-17-28-21)13-5-1-2-6-14-23/h3-4,7-10,17-18H,1-2,5-6,11-16H2,(H,24,27). The third-order valence-electron chi connectivity index (χ3n) is 6.97. The number of likely N-dealkylation sites (tertiary alicyclic amines) is 1. The summed E-state index contributed by atoms with van der Waals surface area (Å²) >= 11 is 1.93. The number of hydrogen-bond donors (Lipinski definition) is 1. The number of aromatic amines is 1. The molecule has 0 unspecified atom stereocenters. The number of H-pyrrole nitrogens is 1. The van der Waals surface area contributed by atoms with Crippen molar-refractivity contribution in [3.63, 3.8) is 0 Å². The third-order valence-corrected chi connectivity index (χ3v) is 8.03. The molecule has 2 aliphatic rings. The van der Waals surface area contributed by atoms with E-state index in [1.54, 1.807) is 4.88 Å². The fraction of sp³-hybridized carbons (Fsp3) is 0.522. The number of rotatable bonds is 3. The minimum absolute atomic E-state index is 0.0436. The lowest BCUT2D eigenvalue weighted by molar-refractivity contribution is 0.0382. The summed E-state index contributed by atoms with van der Waals surface area (Å²) in [5.74, 6) is 0. The summed E-state index contributed by atoms with van der Waals surface area (Å²) in [5.41, 5.74) is 2.27. The minimum Gasteiger partial charge on any atom is -0.306 e. The Balaban J connectivity index is 1.41. The second kappa shape index (κ2) is 7.53. The average molecular weight is 396 g/mol. The van der Waals surface area contributed by atoms with Gasteiger partial charge in [-0.3, -0.25) is 9.47 Å². The number of aromatic nitrogens is 2. The molecule has 1 saturated carbocycles. The normalized spacial score (nSPS) is 21.7. The van der Waals surface area contributed by atoms with Crippen LogP contribution >= 0.6 is 11.3 Å². The van der Waals surface area contributed by atoms with Crippen molar-refractivity contribution in [2.45, 2.75) is 62.9 Å². The monoisotopic (exact) mass is 395 g/mol. The SMILES string of the molecule is O=c1[nH]c2ccccc2n1C1CCN(C2(c3cccs3)CCCCCC2)CC1. The van der Waals surface area contributed by atoms with Gasteiger partial charge in [-0.1, -0.05) is 43.9 Å². The van der Waals surface area contributed by atoms with E-state index in [0.29, 0.717) is 6.04 Å². The molecule has 2 fully saturated rings. The molecule has 3 heterocycles. The van der Waals surface area contributed by atoms with Gasteiger partial charge in [0.15, 0.2) is 0 Å². The maximum atomic E-state index is 12.6. The first-order valence-electron chi connectivity index (χ1n) is 10.8. The van der Waals surface area contributed by atoms with E-state index < -0.39 is 0 Å². The van der Waals surface area contributed by atoms with Gasteiger partial charge in [-0.05, 0) is 49.3 Å². The molecule has 0 spiro atoms. The molecule has 0 radical (unpaired) electrons. The number of benzene rings is 1. The molecule has 4 nitrogen and oxygen atoms in total. The smallest absolute Gasteiger partial charge is 0.306 e. The van der Waals surface area contributed by atoms with Crippen LogP contribution in [0.4, 0.5) is 0 Å².